The van der Waals surface area contributed by atoms with Crippen LogP contribution in [0.2, 0.25) is 0 Å². The van der Waals surface area contributed by atoms with Crippen molar-refractivity contribution in [2.24, 2.45) is 0 Å². The first-order valence-electron chi connectivity index (χ1n) is 5.93. The topological polar surface area (TPSA) is 69.6 Å². The highest BCUT2D eigenvalue weighted by Gasteiger charge is 2.16. The minimum absolute atomic E-state index is 0.133. The zero-order valence-electron chi connectivity index (χ0n) is 10.7. The average Bonchev–Trinajstić information content (AvgIpc) is 2.84. The van der Waals surface area contributed by atoms with Gasteiger partial charge in [0, 0.05) is 13.1 Å². The fourth-order valence-electron chi connectivity index (χ4n) is 1.53. The molecular formula is C11H20N2O3S2. The third-order valence-electron chi connectivity index (χ3n) is 2.69. The Morgan fingerprint density at radius 1 is 1.39 bits per heavy atom. The Hall–Kier alpha value is -0.470. The number of hydrogen-bond acceptors (Lipinski definition) is 5. The summed E-state index contributed by atoms with van der Waals surface area (Å²) < 4.78 is 26.7. The van der Waals surface area contributed by atoms with Crippen LogP contribution in [0.5, 0.6) is 0 Å². The average molecular weight is 292 g/mol. The van der Waals surface area contributed by atoms with Crippen molar-refractivity contribution in [2.45, 2.75) is 24.7 Å². The molecule has 1 rings (SSSR count). The molecule has 104 valence electrons. The van der Waals surface area contributed by atoms with Gasteiger partial charge in [-0.15, -0.1) is 11.3 Å². The van der Waals surface area contributed by atoms with E-state index in [0.717, 1.165) is 24.4 Å². The second-order valence-corrected chi connectivity index (χ2v) is 6.76. The van der Waals surface area contributed by atoms with Gasteiger partial charge in [0.2, 0.25) is 10.0 Å². The lowest BCUT2D eigenvalue weighted by molar-refractivity contribution is 0.282. The summed E-state index contributed by atoms with van der Waals surface area (Å²) in [5.41, 5.74) is 0.629. The van der Waals surface area contributed by atoms with Gasteiger partial charge in [-0.05, 0) is 30.1 Å². The van der Waals surface area contributed by atoms with Crippen molar-refractivity contribution in [3.8, 4) is 0 Å². The first-order chi connectivity index (χ1) is 8.53. The molecule has 0 aliphatic rings. The molecule has 1 heterocycles. The SMILES string of the molecule is CCN(CC)CCNS(=O)(=O)c1cc(CO)cs1. The van der Waals surface area contributed by atoms with Crippen LogP contribution in [0.1, 0.15) is 19.4 Å². The highest BCUT2D eigenvalue weighted by atomic mass is 32.2. The van der Waals surface area contributed by atoms with E-state index < -0.39 is 10.0 Å². The summed E-state index contributed by atoms with van der Waals surface area (Å²) in [6.45, 7) is 6.87. The van der Waals surface area contributed by atoms with Gasteiger partial charge in [0.15, 0.2) is 0 Å². The molecule has 0 aromatic carbocycles. The maximum atomic E-state index is 11.9. The molecule has 0 spiro atoms. The van der Waals surface area contributed by atoms with Crippen LogP contribution in [0.15, 0.2) is 15.7 Å². The molecule has 0 unspecified atom stereocenters. The van der Waals surface area contributed by atoms with E-state index in [9.17, 15) is 8.42 Å². The highest BCUT2D eigenvalue weighted by Crippen LogP contribution is 2.19. The molecule has 2 N–H and O–H groups in total. The van der Waals surface area contributed by atoms with E-state index >= 15 is 0 Å². The van der Waals surface area contributed by atoms with Crippen molar-refractivity contribution in [2.75, 3.05) is 26.2 Å². The lowest BCUT2D eigenvalue weighted by atomic mass is 10.4. The molecule has 0 saturated carbocycles. The Bertz CT molecular complexity index is 453. The van der Waals surface area contributed by atoms with Gasteiger partial charge in [-0.25, -0.2) is 13.1 Å². The van der Waals surface area contributed by atoms with Gasteiger partial charge in [0.25, 0.3) is 0 Å². The molecule has 7 heteroatoms. The molecule has 0 aliphatic carbocycles. The Kier molecular flexibility index (Phi) is 6.24. The third kappa shape index (κ3) is 4.33. The summed E-state index contributed by atoms with van der Waals surface area (Å²) in [6.07, 6.45) is 0. The lowest BCUT2D eigenvalue weighted by Gasteiger charge is -2.17. The van der Waals surface area contributed by atoms with E-state index in [1.165, 1.54) is 6.07 Å². The molecule has 0 fully saturated rings. The molecule has 0 saturated heterocycles. The number of rotatable bonds is 8. The van der Waals surface area contributed by atoms with Crippen LogP contribution in [-0.4, -0.2) is 44.6 Å². The fraction of sp³-hybridized carbons (Fsp3) is 0.636. The Balaban J connectivity index is 2.54. The molecule has 0 radical (unpaired) electrons. The summed E-state index contributed by atoms with van der Waals surface area (Å²) in [4.78, 5) is 2.15. The van der Waals surface area contributed by atoms with Crippen molar-refractivity contribution in [3.05, 3.63) is 17.0 Å². The second-order valence-electron chi connectivity index (χ2n) is 3.86. The summed E-state index contributed by atoms with van der Waals surface area (Å²) in [6, 6.07) is 1.50. The smallest absolute Gasteiger partial charge is 0.250 e. The van der Waals surface area contributed by atoms with Crippen LogP contribution in [0.3, 0.4) is 0 Å². The third-order valence-corrected chi connectivity index (χ3v) is 5.64. The minimum Gasteiger partial charge on any atom is -0.392 e. The van der Waals surface area contributed by atoms with Crippen molar-refractivity contribution in [1.82, 2.24) is 9.62 Å². The van der Waals surface area contributed by atoms with Crippen molar-refractivity contribution >= 4 is 21.4 Å². The molecule has 0 amide bonds. The van der Waals surface area contributed by atoms with E-state index in [4.69, 9.17) is 5.11 Å². The molecule has 1 aromatic heterocycles. The number of aliphatic hydroxyl groups is 1. The van der Waals surface area contributed by atoms with Crippen LogP contribution in [-0.2, 0) is 16.6 Å². The van der Waals surface area contributed by atoms with E-state index in [1.807, 2.05) is 13.8 Å². The largest absolute Gasteiger partial charge is 0.392 e. The summed E-state index contributed by atoms with van der Waals surface area (Å²) >= 11 is 1.13. The molecule has 0 aliphatic heterocycles. The van der Waals surface area contributed by atoms with Gasteiger partial charge in [0.1, 0.15) is 4.21 Å². The first kappa shape index (κ1) is 15.6. The van der Waals surface area contributed by atoms with Crippen LogP contribution in [0.4, 0.5) is 0 Å². The lowest BCUT2D eigenvalue weighted by Crippen LogP contribution is -2.34. The van der Waals surface area contributed by atoms with Crippen LogP contribution >= 0.6 is 11.3 Å². The van der Waals surface area contributed by atoms with Crippen LogP contribution < -0.4 is 4.72 Å². The van der Waals surface area contributed by atoms with Gasteiger partial charge in [0.05, 0.1) is 6.61 Å². The fourth-order valence-corrected chi connectivity index (χ4v) is 3.79. The van der Waals surface area contributed by atoms with Gasteiger partial charge >= 0.3 is 0 Å². The van der Waals surface area contributed by atoms with E-state index in [0.29, 0.717) is 18.7 Å². The Morgan fingerprint density at radius 3 is 2.56 bits per heavy atom. The van der Waals surface area contributed by atoms with Gasteiger partial charge in [-0.1, -0.05) is 13.8 Å². The van der Waals surface area contributed by atoms with E-state index in [2.05, 4.69) is 9.62 Å². The molecule has 1 aromatic rings. The minimum atomic E-state index is -3.43. The molecule has 5 nitrogen and oxygen atoms in total. The second kappa shape index (κ2) is 7.20. The number of aliphatic hydroxyl groups excluding tert-OH is 1. The maximum Gasteiger partial charge on any atom is 0.250 e. The van der Waals surface area contributed by atoms with Gasteiger partial charge in [-0.3, -0.25) is 0 Å². The molecule has 0 bridgehead atoms. The Morgan fingerprint density at radius 2 is 2.06 bits per heavy atom. The first-order valence-corrected chi connectivity index (χ1v) is 8.30. The predicted octanol–water partition coefficient (Wildman–Crippen LogP) is 0.860. The van der Waals surface area contributed by atoms with Crippen LogP contribution in [0, 0.1) is 0 Å². The standard InChI is InChI=1S/C11H20N2O3S2/c1-3-13(4-2)6-5-12-18(15,16)11-7-10(8-14)9-17-11/h7,9,12,14H,3-6,8H2,1-2H3. The van der Waals surface area contributed by atoms with Gasteiger partial charge in [-0.2, -0.15) is 0 Å². The predicted molar refractivity (Wildman–Crippen MR) is 73.2 cm³/mol. The number of sulfonamides is 1. The number of hydrogen-bond donors (Lipinski definition) is 2. The number of likely N-dealkylation sites (N-methyl/N-ethyl adjacent to an activating group) is 1. The van der Waals surface area contributed by atoms with Crippen molar-refractivity contribution in [3.63, 3.8) is 0 Å². The highest BCUT2D eigenvalue weighted by molar-refractivity contribution is 7.91. The summed E-state index contributed by atoms with van der Waals surface area (Å²) in [7, 11) is -3.43. The van der Waals surface area contributed by atoms with E-state index in [-0.39, 0.29) is 10.8 Å². The zero-order valence-corrected chi connectivity index (χ0v) is 12.4. The van der Waals surface area contributed by atoms with E-state index in [1.54, 1.807) is 5.38 Å². The normalized spacial score (nSPS) is 12.2. The molecule has 18 heavy (non-hydrogen) atoms. The monoisotopic (exact) mass is 292 g/mol. The quantitative estimate of drug-likeness (QED) is 0.745. The maximum absolute atomic E-state index is 11.9. The number of nitrogens with zero attached hydrogens (tertiary/aromatic N) is 1. The van der Waals surface area contributed by atoms with Gasteiger partial charge < -0.3 is 10.0 Å². The number of thiophene rings is 1. The summed E-state index contributed by atoms with van der Waals surface area (Å²) in [5, 5.41) is 10.6. The summed E-state index contributed by atoms with van der Waals surface area (Å²) in [5.74, 6) is 0. The van der Waals surface area contributed by atoms with Crippen molar-refractivity contribution in [1.29, 1.82) is 0 Å². The van der Waals surface area contributed by atoms with Crippen molar-refractivity contribution < 1.29 is 13.5 Å². The number of nitrogens with one attached hydrogen (secondary N) is 1. The molecule has 0 atom stereocenters. The Labute approximate surface area is 112 Å². The van der Waals surface area contributed by atoms with Crippen LogP contribution in [0.25, 0.3) is 0 Å². The zero-order chi connectivity index (χ0) is 13.6. The molecular weight excluding hydrogens is 272 g/mol.